The molecule has 5 heteroatoms. The second kappa shape index (κ2) is 4.33. The lowest BCUT2D eigenvalue weighted by Gasteiger charge is -2.10. The molecule has 0 aliphatic carbocycles. The highest BCUT2D eigenvalue weighted by atomic mass is 35.5. The lowest BCUT2D eigenvalue weighted by molar-refractivity contribution is -0.0770. The van der Waals surface area contributed by atoms with E-state index in [0.717, 1.165) is 0 Å². The number of rotatable bonds is 2. The molecule has 2 aromatic rings. The van der Waals surface area contributed by atoms with Gasteiger partial charge in [0.1, 0.15) is 11.3 Å². The van der Waals surface area contributed by atoms with Gasteiger partial charge in [-0.2, -0.15) is 0 Å². The molecule has 84 valence electrons. The van der Waals surface area contributed by atoms with Gasteiger partial charge in [-0.1, -0.05) is 11.6 Å². The van der Waals surface area contributed by atoms with E-state index in [4.69, 9.17) is 16.3 Å². The Labute approximate surface area is 96.4 Å². The average Bonchev–Trinajstić information content (AvgIpc) is 2.27. The number of halogens is 2. The molecule has 1 unspecified atom stereocenters. The number of hydrogen-bond acceptors (Lipinski definition) is 3. The maximum atomic E-state index is 13.6. The minimum absolute atomic E-state index is 0.219. The Morgan fingerprint density at radius 1 is 1.44 bits per heavy atom. The summed E-state index contributed by atoms with van der Waals surface area (Å²) in [5, 5.41) is 10.4. The molecule has 16 heavy (non-hydrogen) atoms. The van der Waals surface area contributed by atoms with Gasteiger partial charge in [-0.3, -0.25) is 4.98 Å². The summed E-state index contributed by atoms with van der Waals surface area (Å²) in [7, 11) is 1.34. The van der Waals surface area contributed by atoms with Crippen LogP contribution in [0.2, 0.25) is 5.02 Å². The normalized spacial score (nSPS) is 13.0. The van der Waals surface area contributed by atoms with Crippen LogP contribution in [0.1, 0.15) is 11.9 Å². The number of benzene rings is 1. The van der Waals surface area contributed by atoms with E-state index < -0.39 is 12.1 Å². The molecule has 0 aliphatic heterocycles. The van der Waals surface area contributed by atoms with E-state index in [1.165, 1.54) is 19.4 Å². The first-order valence-electron chi connectivity index (χ1n) is 4.57. The van der Waals surface area contributed by atoms with Crippen molar-refractivity contribution in [2.75, 3.05) is 7.11 Å². The molecule has 2 rings (SSSR count). The number of aliphatic hydroxyl groups is 1. The summed E-state index contributed by atoms with van der Waals surface area (Å²) in [5.41, 5.74) is 0.549. The van der Waals surface area contributed by atoms with E-state index in [1.54, 1.807) is 12.1 Å². The van der Waals surface area contributed by atoms with Crippen LogP contribution in [0.5, 0.6) is 0 Å². The quantitative estimate of drug-likeness (QED) is 0.822. The monoisotopic (exact) mass is 241 g/mol. The Morgan fingerprint density at radius 3 is 2.88 bits per heavy atom. The first kappa shape index (κ1) is 11.3. The van der Waals surface area contributed by atoms with Gasteiger partial charge in [-0.25, -0.2) is 4.39 Å². The third-order valence-electron chi connectivity index (χ3n) is 2.23. The second-order valence-electron chi connectivity index (χ2n) is 3.32. The molecule has 1 aromatic carbocycles. The van der Waals surface area contributed by atoms with Crippen LogP contribution in [-0.2, 0) is 4.74 Å². The Balaban J connectivity index is 2.65. The summed E-state index contributed by atoms with van der Waals surface area (Å²) in [5.74, 6) is -0.514. The van der Waals surface area contributed by atoms with Gasteiger partial charge in [0.15, 0.2) is 6.29 Å². The van der Waals surface area contributed by atoms with Crippen LogP contribution < -0.4 is 0 Å². The third kappa shape index (κ3) is 2.00. The van der Waals surface area contributed by atoms with Crippen molar-refractivity contribution in [1.82, 2.24) is 4.98 Å². The van der Waals surface area contributed by atoms with Crippen LogP contribution in [0.4, 0.5) is 4.39 Å². The molecule has 0 aliphatic rings. The fraction of sp³-hybridized carbons (Fsp3) is 0.182. The number of pyridine rings is 1. The molecular formula is C11H9ClFNO2. The zero-order chi connectivity index (χ0) is 11.7. The molecule has 1 aromatic heterocycles. The lowest BCUT2D eigenvalue weighted by atomic mass is 10.1. The number of hydrogen-bond donors (Lipinski definition) is 1. The molecule has 0 bridgehead atoms. The van der Waals surface area contributed by atoms with Gasteiger partial charge < -0.3 is 9.84 Å². The van der Waals surface area contributed by atoms with Gasteiger partial charge in [0.2, 0.25) is 0 Å². The number of aromatic nitrogens is 1. The van der Waals surface area contributed by atoms with Crippen molar-refractivity contribution in [1.29, 1.82) is 0 Å². The van der Waals surface area contributed by atoms with Gasteiger partial charge in [-0.05, 0) is 18.2 Å². The Hall–Kier alpha value is -1.23. The van der Waals surface area contributed by atoms with Crippen molar-refractivity contribution in [2.24, 2.45) is 0 Å². The molecular weight excluding hydrogens is 233 g/mol. The molecule has 1 N–H and O–H groups in total. The van der Waals surface area contributed by atoms with E-state index in [9.17, 15) is 9.50 Å². The molecule has 1 heterocycles. The third-order valence-corrected chi connectivity index (χ3v) is 2.44. The number of ether oxygens (including phenoxy) is 1. The van der Waals surface area contributed by atoms with Crippen molar-refractivity contribution in [3.05, 3.63) is 40.8 Å². The molecule has 1 atom stereocenters. The first-order chi connectivity index (χ1) is 7.61. The predicted molar refractivity (Wildman–Crippen MR) is 58.7 cm³/mol. The second-order valence-corrected chi connectivity index (χ2v) is 3.75. The van der Waals surface area contributed by atoms with Gasteiger partial charge in [0.05, 0.1) is 5.02 Å². The van der Waals surface area contributed by atoms with Gasteiger partial charge >= 0.3 is 0 Å². The molecule has 3 nitrogen and oxygen atoms in total. The summed E-state index contributed by atoms with van der Waals surface area (Å²) in [6.07, 6.45) is 0.220. The summed E-state index contributed by atoms with van der Waals surface area (Å²) >= 11 is 5.76. The zero-order valence-electron chi connectivity index (χ0n) is 8.45. The number of nitrogens with zero attached hydrogens (tertiary/aromatic N) is 1. The maximum absolute atomic E-state index is 13.6. The highest BCUT2D eigenvalue weighted by Gasteiger charge is 2.11. The summed E-state index contributed by atoms with van der Waals surface area (Å²) in [6, 6.07) is 4.36. The SMILES string of the molecule is COC(O)c1cc(F)c2ncc(Cl)cc2c1. The number of fused-ring (bicyclic) bond motifs is 1. The van der Waals surface area contributed by atoms with E-state index in [-0.39, 0.29) is 5.52 Å². The van der Waals surface area contributed by atoms with Gasteiger partial charge in [0.25, 0.3) is 0 Å². The Kier molecular flexibility index (Phi) is 3.05. The number of methoxy groups -OCH3 is 1. The minimum atomic E-state index is -1.15. The van der Waals surface area contributed by atoms with Crippen LogP contribution >= 0.6 is 11.6 Å². The summed E-state index contributed by atoms with van der Waals surface area (Å²) < 4.78 is 18.3. The van der Waals surface area contributed by atoms with Crippen molar-refractivity contribution >= 4 is 22.5 Å². The number of aliphatic hydroxyl groups excluding tert-OH is 1. The van der Waals surface area contributed by atoms with E-state index in [0.29, 0.717) is 16.0 Å². The van der Waals surface area contributed by atoms with Gasteiger partial charge in [0, 0.05) is 24.3 Å². The molecule has 0 saturated carbocycles. The highest BCUT2D eigenvalue weighted by Crippen LogP contribution is 2.24. The average molecular weight is 242 g/mol. The first-order valence-corrected chi connectivity index (χ1v) is 4.95. The van der Waals surface area contributed by atoms with Crippen molar-refractivity contribution in [3.8, 4) is 0 Å². The van der Waals surface area contributed by atoms with Crippen LogP contribution in [0, 0.1) is 5.82 Å². The van der Waals surface area contributed by atoms with E-state index in [2.05, 4.69) is 4.98 Å². The standard InChI is InChI=1S/C11H9ClFNO2/c1-16-11(15)7-2-6-3-8(12)5-14-10(6)9(13)4-7/h2-5,11,15H,1H3. The Bertz CT molecular complexity index is 533. The van der Waals surface area contributed by atoms with Crippen molar-refractivity contribution in [2.45, 2.75) is 6.29 Å². The van der Waals surface area contributed by atoms with Crippen LogP contribution in [-0.4, -0.2) is 17.2 Å². The van der Waals surface area contributed by atoms with Crippen molar-refractivity contribution < 1.29 is 14.2 Å². The molecule has 0 fully saturated rings. The molecule has 0 amide bonds. The van der Waals surface area contributed by atoms with E-state index >= 15 is 0 Å². The van der Waals surface area contributed by atoms with E-state index in [1.807, 2.05) is 0 Å². The maximum Gasteiger partial charge on any atom is 0.180 e. The largest absolute Gasteiger partial charge is 0.364 e. The summed E-state index contributed by atoms with van der Waals surface area (Å²) in [4.78, 5) is 3.88. The smallest absolute Gasteiger partial charge is 0.180 e. The molecule has 0 spiro atoms. The fourth-order valence-corrected chi connectivity index (χ4v) is 1.65. The topological polar surface area (TPSA) is 42.4 Å². The Morgan fingerprint density at radius 2 is 2.19 bits per heavy atom. The fourth-order valence-electron chi connectivity index (χ4n) is 1.48. The minimum Gasteiger partial charge on any atom is -0.364 e. The predicted octanol–water partition coefficient (Wildman–Crippen LogP) is 2.66. The zero-order valence-corrected chi connectivity index (χ0v) is 9.20. The van der Waals surface area contributed by atoms with Crippen LogP contribution in [0.3, 0.4) is 0 Å². The van der Waals surface area contributed by atoms with Crippen LogP contribution in [0.15, 0.2) is 24.4 Å². The van der Waals surface area contributed by atoms with Crippen LogP contribution in [0.25, 0.3) is 10.9 Å². The highest BCUT2D eigenvalue weighted by molar-refractivity contribution is 6.31. The molecule has 0 saturated heterocycles. The van der Waals surface area contributed by atoms with Crippen molar-refractivity contribution in [3.63, 3.8) is 0 Å². The van der Waals surface area contributed by atoms with Gasteiger partial charge in [-0.15, -0.1) is 0 Å². The lowest BCUT2D eigenvalue weighted by Crippen LogP contribution is -2.00. The summed E-state index contributed by atoms with van der Waals surface area (Å²) in [6.45, 7) is 0. The molecule has 0 radical (unpaired) electrons.